The highest BCUT2D eigenvalue weighted by molar-refractivity contribution is 6.35. The van der Waals surface area contributed by atoms with Crippen LogP contribution in [0.4, 0.5) is 0 Å². The maximum atomic E-state index is 4.31. The van der Waals surface area contributed by atoms with E-state index in [0.717, 1.165) is 6.42 Å². The zero-order valence-corrected chi connectivity index (χ0v) is 9.21. The first-order valence-electron chi connectivity index (χ1n) is 5.83. The van der Waals surface area contributed by atoms with Crippen LogP contribution in [0.1, 0.15) is 31.9 Å². The first-order chi connectivity index (χ1) is 6.93. The number of hydrogen-bond acceptors (Lipinski definition) is 1. The van der Waals surface area contributed by atoms with Gasteiger partial charge in [0.2, 0.25) is 0 Å². The van der Waals surface area contributed by atoms with Gasteiger partial charge in [-0.1, -0.05) is 44.9 Å². The third-order valence-electron chi connectivity index (χ3n) is 2.51. The first-order valence-corrected chi connectivity index (χ1v) is 5.83. The summed E-state index contributed by atoms with van der Waals surface area (Å²) in [6.07, 6.45) is 9.80. The average molecular weight is 189 g/mol. The van der Waals surface area contributed by atoms with Crippen molar-refractivity contribution in [2.45, 2.75) is 45.2 Å². The molecule has 0 unspecified atom stereocenters. The standard InChI is InChI=1S/C12H20BN/c1-2-3-9-13-10-6-8-12-7-4-5-11-14-12/h4-5,7,11,13H,2-3,6,8-10H2,1H3. The summed E-state index contributed by atoms with van der Waals surface area (Å²) in [6, 6.07) is 6.16. The van der Waals surface area contributed by atoms with E-state index in [1.807, 2.05) is 12.3 Å². The second-order valence-corrected chi connectivity index (χ2v) is 3.84. The molecule has 1 aromatic heterocycles. The predicted octanol–water partition coefficient (Wildman–Crippen LogP) is 3.09. The van der Waals surface area contributed by atoms with Crippen LogP contribution in [0.3, 0.4) is 0 Å². The molecule has 0 aliphatic heterocycles. The Bertz CT molecular complexity index is 223. The van der Waals surface area contributed by atoms with Crippen LogP contribution in [0.15, 0.2) is 24.4 Å². The van der Waals surface area contributed by atoms with E-state index in [4.69, 9.17) is 0 Å². The van der Waals surface area contributed by atoms with E-state index in [-0.39, 0.29) is 0 Å². The van der Waals surface area contributed by atoms with Crippen molar-refractivity contribution in [3.63, 3.8) is 0 Å². The lowest BCUT2D eigenvalue weighted by atomic mass is 9.68. The maximum Gasteiger partial charge on any atom is 0.120 e. The quantitative estimate of drug-likeness (QED) is 0.474. The molecule has 1 aromatic rings. The van der Waals surface area contributed by atoms with Gasteiger partial charge in [0.25, 0.3) is 0 Å². The molecule has 0 atom stereocenters. The van der Waals surface area contributed by atoms with E-state index in [0.29, 0.717) is 0 Å². The van der Waals surface area contributed by atoms with Crippen LogP contribution in [0.25, 0.3) is 0 Å². The molecule has 0 saturated carbocycles. The van der Waals surface area contributed by atoms with Crippen molar-refractivity contribution in [3.8, 4) is 0 Å². The summed E-state index contributed by atoms with van der Waals surface area (Å²) in [5, 5.41) is 0. The number of unbranched alkanes of at least 4 members (excludes halogenated alkanes) is 1. The third-order valence-corrected chi connectivity index (χ3v) is 2.51. The fourth-order valence-electron chi connectivity index (χ4n) is 1.63. The lowest BCUT2D eigenvalue weighted by Gasteiger charge is -1.99. The van der Waals surface area contributed by atoms with Crippen LogP contribution in [-0.2, 0) is 6.42 Å². The van der Waals surface area contributed by atoms with Crippen LogP contribution >= 0.6 is 0 Å². The van der Waals surface area contributed by atoms with Gasteiger partial charge in [-0.05, 0) is 18.6 Å². The largest absolute Gasteiger partial charge is 0.261 e. The number of hydrogen-bond donors (Lipinski definition) is 0. The Morgan fingerprint density at radius 2 is 2.07 bits per heavy atom. The highest BCUT2D eigenvalue weighted by Crippen LogP contribution is 2.03. The van der Waals surface area contributed by atoms with Gasteiger partial charge in [0.05, 0.1) is 0 Å². The van der Waals surface area contributed by atoms with Gasteiger partial charge in [0, 0.05) is 11.9 Å². The summed E-state index contributed by atoms with van der Waals surface area (Å²) < 4.78 is 0. The molecule has 0 spiro atoms. The molecule has 0 aliphatic rings. The Kier molecular flexibility index (Phi) is 6.13. The second kappa shape index (κ2) is 7.60. The van der Waals surface area contributed by atoms with Gasteiger partial charge >= 0.3 is 0 Å². The zero-order valence-electron chi connectivity index (χ0n) is 9.21. The average Bonchev–Trinajstić information content (AvgIpc) is 2.25. The monoisotopic (exact) mass is 189 g/mol. The van der Waals surface area contributed by atoms with Crippen molar-refractivity contribution in [3.05, 3.63) is 30.1 Å². The van der Waals surface area contributed by atoms with E-state index in [9.17, 15) is 0 Å². The Morgan fingerprint density at radius 1 is 1.21 bits per heavy atom. The van der Waals surface area contributed by atoms with E-state index >= 15 is 0 Å². The van der Waals surface area contributed by atoms with Gasteiger partial charge in [0.1, 0.15) is 7.28 Å². The summed E-state index contributed by atoms with van der Waals surface area (Å²) in [5.74, 6) is 0. The first kappa shape index (κ1) is 11.3. The molecule has 0 fully saturated rings. The van der Waals surface area contributed by atoms with Crippen molar-refractivity contribution in [2.24, 2.45) is 0 Å². The topological polar surface area (TPSA) is 12.9 Å². The van der Waals surface area contributed by atoms with Crippen molar-refractivity contribution in [1.29, 1.82) is 0 Å². The highest BCUT2D eigenvalue weighted by atomic mass is 14.7. The normalized spacial score (nSPS) is 10.1. The molecule has 0 amide bonds. The summed E-state index contributed by atoms with van der Waals surface area (Å²) in [4.78, 5) is 4.31. The summed E-state index contributed by atoms with van der Waals surface area (Å²) in [5.41, 5.74) is 1.24. The van der Waals surface area contributed by atoms with Gasteiger partial charge in [-0.25, -0.2) is 0 Å². The number of nitrogens with zero attached hydrogens (tertiary/aromatic N) is 1. The Balaban J connectivity index is 1.99. The van der Waals surface area contributed by atoms with Crippen LogP contribution in [-0.4, -0.2) is 12.3 Å². The Labute approximate surface area is 88.2 Å². The van der Waals surface area contributed by atoms with Gasteiger partial charge in [-0.2, -0.15) is 0 Å². The van der Waals surface area contributed by atoms with Gasteiger partial charge < -0.3 is 0 Å². The number of aromatic nitrogens is 1. The third kappa shape index (κ3) is 5.06. The lowest BCUT2D eigenvalue weighted by molar-refractivity contribution is 0.852. The molecule has 1 nitrogen and oxygen atoms in total. The minimum Gasteiger partial charge on any atom is -0.261 e. The number of rotatable bonds is 7. The van der Waals surface area contributed by atoms with Crippen molar-refractivity contribution in [2.75, 3.05) is 0 Å². The van der Waals surface area contributed by atoms with Crippen molar-refractivity contribution in [1.82, 2.24) is 4.98 Å². The number of pyridine rings is 1. The second-order valence-electron chi connectivity index (χ2n) is 3.84. The molecule has 0 radical (unpaired) electrons. The van der Waals surface area contributed by atoms with Gasteiger partial charge in [0.15, 0.2) is 0 Å². The summed E-state index contributed by atoms with van der Waals surface area (Å²) >= 11 is 0. The lowest BCUT2D eigenvalue weighted by Crippen LogP contribution is -1.93. The minimum atomic E-state index is 1.15. The molecular weight excluding hydrogens is 169 g/mol. The van der Waals surface area contributed by atoms with Crippen molar-refractivity contribution < 1.29 is 0 Å². The van der Waals surface area contributed by atoms with Crippen LogP contribution in [0, 0.1) is 0 Å². The van der Waals surface area contributed by atoms with E-state index < -0.39 is 0 Å². The highest BCUT2D eigenvalue weighted by Gasteiger charge is 1.94. The van der Waals surface area contributed by atoms with Crippen LogP contribution in [0.2, 0.25) is 12.6 Å². The van der Waals surface area contributed by atoms with E-state index in [2.05, 4.69) is 24.0 Å². The van der Waals surface area contributed by atoms with Crippen molar-refractivity contribution >= 4 is 7.28 Å². The predicted molar refractivity (Wildman–Crippen MR) is 64.2 cm³/mol. The summed E-state index contributed by atoms with van der Waals surface area (Å²) in [7, 11) is 1.39. The molecular formula is C12H20BN. The summed E-state index contributed by atoms with van der Waals surface area (Å²) in [6.45, 7) is 2.26. The molecule has 0 aromatic carbocycles. The molecule has 14 heavy (non-hydrogen) atoms. The molecule has 0 saturated heterocycles. The molecule has 76 valence electrons. The van der Waals surface area contributed by atoms with Crippen LogP contribution < -0.4 is 0 Å². The Morgan fingerprint density at radius 3 is 2.79 bits per heavy atom. The maximum absolute atomic E-state index is 4.31. The molecule has 1 heterocycles. The molecule has 2 heteroatoms. The fraction of sp³-hybridized carbons (Fsp3) is 0.583. The fourth-order valence-corrected chi connectivity index (χ4v) is 1.63. The molecule has 0 aliphatic carbocycles. The van der Waals surface area contributed by atoms with Gasteiger partial charge in [-0.3, -0.25) is 4.98 Å². The van der Waals surface area contributed by atoms with E-state index in [1.165, 1.54) is 44.9 Å². The minimum absolute atomic E-state index is 1.15. The zero-order chi connectivity index (χ0) is 10.1. The van der Waals surface area contributed by atoms with Crippen LogP contribution in [0.5, 0.6) is 0 Å². The number of aryl methyl sites for hydroxylation is 1. The smallest absolute Gasteiger partial charge is 0.120 e. The molecule has 0 bridgehead atoms. The Hall–Kier alpha value is -0.785. The SMILES string of the molecule is CCCCBCCCc1ccccn1. The molecule has 0 N–H and O–H groups in total. The molecule has 1 rings (SSSR count). The van der Waals surface area contributed by atoms with Gasteiger partial charge in [-0.15, -0.1) is 0 Å². The van der Waals surface area contributed by atoms with E-state index in [1.54, 1.807) is 0 Å².